The molecule has 0 spiro atoms. The van der Waals surface area contributed by atoms with Crippen LogP contribution < -0.4 is 10.6 Å². The first kappa shape index (κ1) is 20.2. The second kappa shape index (κ2) is 9.19. The minimum atomic E-state index is -0.490. The Bertz CT molecular complexity index is 1160. The first-order valence-corrected chi connectivity index (χ1v) is 9.81. The van der Waals surface area contributed by atoms with E-state index in [9.17, 15) is 9.90 Å². The van der Waals surface area contributed by atoms with Crippen LogP contribution in [0.25, 0.3) is 11.3 Å². The highest BCUT2D eigenvalue weighted by Gasteiger charge is 2.17. The van der Waals surface area contributed by atoms with E-state index in [2.05, 4.69) is 30.6 Å². The number of nitrogens with zero attached hydrogens (tertiary/aromatic N) is 3. The number of pyridine rings is 1. The summed E-state index contributed by atoms with van der Waals surface area (Å²) in [6, 6.07) is 16.1. The number of carbonyl (C=O) groups is 1. The number of aliphatic hydroxyl groups is 1. The molecule has 0 saturated carbocycles. The van der Waals surface area contributed by atoms with Crippen molar-refractivity contribution in [2.24, 2.45) is 0 Å². The van der Waals surface area contributed by atoms with Crippen LogP contribution in [0.1, 0.15) is 27.7 Å². The first-order valence-electron chi connectivity index (χ1n) is 9.81. The van der Waals surface area contributed by atoms with Crippen LogP contribution in [0.3, 0.4) is 0 Å². The van der Waals surface area contributed by atoms with Crippen molar-refractivity contribution in [2.75, 3.05) is 11.9 Å². The van der Waals surface area contributed by atoms with Crippen molar-refractivity contribution in [3.05, 3.63) is 90.0 Å². The summed E-state index contributed by atoms with van der Waals surface area (Å²) in [6.07, 6.45) is 5.13. The monoisotopic (exact) mass is 414 g/mol. The van der Waals surface area contributed by atoms with Crippen molar-refractivity contribution in [3.63, 3.8) is 0 Å². The number of carbonyl (C=O) groups excluding carboxylic acids is 1. The van der Waals surface area contributed by atoms with Gasteiger partial charge in [0, 0.05) is 24.2 Å². The zero-order chi connectivity index (χ0) is 21.6. The molecule has 0 aliphatic carbocycles. The summed E-state index contributed by atoms with van der Waals surface area (Å²) in [5.74, 6) is 0.742. The molecule has 8 heteroatoms. The van der Waals surface area contributed by atoms with E-state index >= 15 is 0 Å². The SMILES string of the molecule is Cc1cnc(Nc2ccccn2)nc1-c1c[nH]c(C(=O)N[C@H](CO)c2ccccc2)c1. The fourth-order valence-electron chi connectivity index (χ4n) is 3.16. The van der Waals surface area contributed by atoms with Gasteiger partial charge >= 0.3 is 0 Å². The summed E-state index contributed by atoms with van der Waals surface area (Å²) < 4.78 is 0. The molecule has 0 aliphatic rings. The van der Waals surface area contributed by atoms with Crippen LogP contribution in [0.15, 0.2) is 73.2 Å². The van der Waals surface area contributed by atoms with Gasteiger partial charge in [-0.1, -0.05) is 36.4 Å². The average Bonchev–Trinajstić information content (AvgIpc) is 3.30. The largest absolute Gasteiger partial charge is 0.394 e. The Hall–Kier alpha value is -4.04. The Kier molecular flexibility index (Phi) is 6.00. The van der Waals surface area contributed by atoms with Crippen molar-refractivity contribution in [1.82, 2.24) is 25.3 Å². The van der Waals surface area contributed by atoms with Gasteiger partial charge < -0.3 is 20.7 Å². The molecule has 0 aliphatic heterocycles. The molecule has 4 rings (SSSR count). The molecule has 31 heavy (non-hydrogen) atoms. The minimum Gasteiger partial charge on any atom is -0.394 e. The van der Waals surface area contributed by atoms with Crippen LogP contribution in [0.2, 0.25) is 0 Å². The molecule has 8 nitrogen and oxygen atoms in total. The lowest BCUT2D eigenvalue weighted by Gasteiger charge is -2.16. The number of aliphatic hydroxyl groups excluding tert-OH is 1. The molecular formula is C23H22N6O2. The molecule has 0 bridgehead atoms. The molecule has 0 radical (unpaired) electrons. The smallest absolute Gasteiger partial charge is 0.268 e. The summed E-state index contributed by atoms with van der Waals surface area (Å²) in [5, 5.41) is 15.6. The van der Waals surface area contributed by atoms with Crippen molar-refractivity contribution in [2.45, 2.75) is 13.0 Å². The van der Waals surface area contributed by atoms with E-state index in [0.29, 0.717) is 23.2 Å². The predicted octanol–water partition coefficient (Wildman–Crippen LogP) is 3.38. The van der Waals surface area contributed by atoms with Crippen LogP contribution in [0, 0.1) is 6.92 Å². The van der Waals surface area contributed by atoms with Crippen molar-refractivity contribution < 1.29 is 9.90 Å². The summed E-state index contributed by atoms with van der Waals surface area (Å²) >= 11 is 0. The molecule has 1 atom stereocenters. The van der Waals surface area contributed by atoms with Gasteiger partial charge in [0.15, 0.2) is 0 Å². The molecule has 1 amide bonds. The van der Waals surface area contributed by atoms with E-state index in [0.717, 1.165) is 16.7 Å². The fraction of sp³-hybridized carbons (Fsp3) is 0.130. The fourth-order valence-corrected chi connectivity index (χ4v) is 3.16. The molecule has 156 valence electrons. The third kappa shape index (κ3) is 4.76. The lowest BCUT2D eigenvalue weighted by molar-refractivity contribution is 0.0912. The molecule has 3 aromatic heterocycles. The molecular weight excluding hydrogens is 392 g/mol. The third-order valence-corrected chi connectivity index (χ3v) is 4.77. The van der Waals surface area contributed by atoms with Crippen LogP contribution in [-0.4, -0.2) is 37.6 Å². The van der Waals surface area contributed by atoms with E-state index in [1.807, 2.05) is 55.5 Å². The van der Waals surface area contributed by atoms with Gasteiger partial charge in [-0.25, -0.2) is 15.0 Å². The van der Waals surface area contributed by atoms with Gasteiger partial charge in [0.05, 0.1) is 18.3 Å². The Morgan fingerprint density at radius 1 is 1.13 bits per heavy atom. The number of hydrogen-bond donors (Lipinski definition) is 4. The van der Waals surface area contributed by atoms with Gasteiger partial charge in [0.25, 0.3) is 5.91 Å². The van der Waals surface area contributed by atoms with Gasteiger partial charge in [0.2, 0.25) is 5.95 Å². The summed E-state index contributed by atoms with van der Waals surface area (Å²) in [6.45, 7) is 1.71. The second-order valence-corrected chi connectivity index (χ2v) is 6.99. The number of nitrogens with one attached hydrogen (secondary N) is 3. The molecule has 0 unspecified atom stereocenters. The number of hydrogen-bond acceptors (Lipinski definition) is 6. The third-order valence-electron chi connectivity index (χ3n) is 4.77. The maximum absolute atomic E-state index is 12.7. The number of anilines is 2. The molecule has 4 N–H and O–H groups in total. The molecule has 4 aromatic rings. The Morgan fingerprint density at radius 3 is 2.68 bits per heavy atom. The van der Waals surface area contributed by atoms with E-state index < -0.39 is 6.04 Å². The zero-order valence-corrected chi connectivity index (χ0v) is 16.9. The van der Waals surface area contributed by atoms with Crippen LogP contribution in [-0.2, 0) is 0 Å². The van der Waals surface area contributed by atoms with Crippen molar-refractivity contribution in [1.29, 1.82) is 0 Å². The minimum absolute atomic E-state index is 0.198. The average molecular weight is 414 g/mol. The standard InChI is InChI=1S/C23H22N6O2/c1-15-12-26-23(28-20-9-5-6-10-24-20)29-21(15)17-11-18(25-13-17)22(31)27-19(14-30)16-7-3-2-4-8-16/h2-13,19,25,30H,14H2,1H3,(H,27,31)(H,24,26,28,29)/t19-/m1/s1. The molecule has 0 saturated heterocycles. The number of aromatic nitrogens is 4. The van der Waals surface area contributed by atoms with Gasteiger partial charge in [-0.15, -0.1) is 0 Å². The van der Waals surface area contributed by atoms with Crippen molar-refractivity contribution in [3.8, 4) is 11.3 Å². The van der Waals surface area contributed by atoms with Gasteiger partial charge in [-0.05, 0) is 36.2 Å². The number of aromatic amines is 1. The number of H-pyrrole nitrogens is 1. The van der Waals surface area contributed by atoms with Gasteiger partial charge in [-0.3, -0.25) is 4.79 Å². The first-order chi connectivity index (χ1) is 15.1. The quantitative estimate of drug-likeness (QED) is 0.368. The highest BCUT2D eigenvalue weighted by atomic mass is 16.3. The lowest BCUT2D eigenvalue weighted by Crippen LogP contribution is -2.30. The van der Waals surface area contributed by atoms with Gasteiger partial charge in [0.1, 0.15) is 11.5 Å². The summed E-state index contributed by atoms with van der Waals surface area (Å²) in [5.41, 5.74) is 3.54. The van der Waals surface area contributed by atoms with Crippen LogP contribution in [0.4, 0.5) is 11.8 Å². The molecule has 1 aromatic carbocycles. The van der Waals surface area contributed by atoms with E-state index in [-0.39, 0.29) is 12.5 Å². The topological polar surface area (TPSA) is 116 Å². The Morgan fingerprint density at radius 2 is 1.94 bits per heavy atom. The Balaban J connectivity index is 1.53. The van der Waals surface area contributed by atoms with Crippen LogP contribution in [0.5, 0.6) is 0 Å². The number of aryl methyl sites for hydroxylation is 1. The highest BCUT2D eigenvalue weighted by Crippen LogP contribution is 2.24. The second-order valence-electron chi connectivity index (χ2n) is 6.99. The molecule has 3 heterocycles. The molecule has 0 fully saturated rings. The summed E-state index contributed by atoms with van der Waals surface area (Å²) in [7, 11) is 0. The normalized spacial score (nSPS) is 11.7. The van der Waals surface area contributed by atoms with Gasteiger partial charge in [-0.2, -0.15) is 0 Å². The number of amides is 1. The summed E-state index contributed by atoms with van der Waals surface area (Å²) in [4.78, 5) is 28.8. The highest BCUT2D eigenvalue weighted by molar-refractivity contribution is 5.94. The predicted molar refractivity (Wildman–Crippen MR) is 118 cm³/mol. The zero-order valence-electron chi connectivity index (χ0n) is 16.9. The van der Waals surface area contributed by atoms with E-state index in [1.165, 1.54) is 0 Å². The lowest BCUT2D eigenvalue weighted by atomic mass is 10.1. The number of rotatable bonds is 7. The maximum Gasteiger partial charge on any atom is 0.268 e. The van der Waals surface area contributed by atoms with E-state index in [4.69, 9.17) is 0 Å². The van der Waals surface area contributed by atoms with E-state index in [1.54, 1.807) is 24.7 Å². The maximum atomic E-state index is 12.7. The van der Waals surface area contributed by atoms with Crippen LogP contribution >= 0.6 is 0 Å². The Labute approximate surface area is 179 Å². The van der Waals surface area contributed by atoms with Crippen molar-refractivity contribution >= 4 is 17.7 Å². The number of benzene rings is 1.